The van der Waals surface area contributed by atoms with E-state index in [-0.39, 0.29) is 0 Å². The van der Waals surface area contributed by atoms with Crippen molar-refractivity contribution in [1.29, 1.82) is 0 Å². The number of nitrogens with zero attached hydrogens (tertiary/aromatic N) is 4. The Bertz CT molecular complexity index is 753. The molecule has 1 unspecified atom stereocenters. The molecule has 2 aromatic heterocycles. The Morgan fingerprint density at radius 3 is 2.87 bits per heavy atom. The monoisotopic (exact) mass is 305 g/mol. The van der Waals surface area contributed by atoms with Crippen LogP contribution in [0.4, 0.5) is 0 Å². The number of rotatable bonds is 4. The van der Waals surface area contributed by atoms with Crippen molar-refractivity contribution in [3.8, 4) is 11.3 Å². The lowest BCUT2D eigenvalue weighted by Crippen LogP contribution is -2.23. The fraction of sp³-hybridized carbons (Fsp3) is 0.278. The molecular formula is C18H19N5. The molecule has 0 aliphatic carbocycles. The first-order valence-electron chi connectivity index (χ1n) is 7.99. The molecule has 0 radical (unpaired) electrons. The van der Waals surface area contributed by atoms with Gasteiger partial charge < -0.3 is 0 Å². The summed E-state index contributed by atoms with van der Waals surface area (Å²) in [6.45, 7) is 1.96. The third-order valence-electron chi connectivity index (χ3n) is 4.44. The highest BCUT2D eigenvalue weighted by atomic mass is 15.2. The highest BCUT2D eigenvalue weighted by Crippen LogP contribution is 2.33. The van der Waals surface area contributed by atoms with E-state index < -0.39 is 0 Å². The number of H-pyrrole nitrogens is 1. The second kappa shape index (κ2) is 6.30. The molecular weight excluding hydrogens is 286 g/mol. The molecule has 4 rings (SSSR count). The summed E-state index contributed by atoms with van der Waals surface area (Å²) in [6, 6.07) is 10.7. The van der Waals surface area contributed by atoms with Crippen LogP contribution in [0.1, 0.15) is 30.1 Å². The van der Waals surface area contributed by atoms with E-state index in [1.54, 1.807) is 12.4 Å². The number of hydrogen-bond acceptors (Lipinski definition) is 4. The standard InChI is InChI=1S/C18H19N5/c1-2-5-14(6-3-1)18-15(11-21-22-18)13-23-10-4-7-17(23)16-12-19-8-9-20-16/h1-3,5-6,8-9,11-12,17H,4,7,10,13H2,(H,21,22). The van der Waals surface area contributed by atoms with Gasteiger partial charge in [0.15, 0.2) is 0 Å². The molecule has 1 aliphatic rings. The molecule has 0 saturated carbocycles. The van der Waals surface area contributed by atoms with E-state index in [2.05, 4.69) is 49.3 Å². The van der Waals surface area contributed by atoms with Crippen LogP contribution in [-0.4, -0.2) is 31.6 Å². The van der Waals surface area contributed by atoms with E-state index in [4.69, 9.17) is 0 Å². The maximum absolute atomic E-state index is 4.49. The van der Waals surface area contributed by atoms with Gasteiger partial charge in [-0.05, 0) is 24.9 Å². The van der Waals surface area contributed by atoms with Crippen LogP contribution in [0.15, 0.2) is 55.1 Å². The van der Waals surface area contributed by atoms with Crippen molar-refractivity contribution in [3.05, 3.63) is 66.4 Å². The molecule has 0 bridgehead atoms. The van der Waals surface area contributed by atoms with Crippen molar-refractivity contribution in [3.63, 3.8) is 0 Å². The van der Waals surface area contributed by atoms with Crippen LogP contribution >= 0.6 is 0 Å². The van der Waals surface area contributed by atoms with Crippen molar-refractivity contribution >= 4 is 0 Å². The number of hydrogen-bond donors (Lipinski definition) is 1. The van der Waals surface area contributed by atoms with Crippen molar-refractivity contribution in [2.75, 3.05) is 6.54 Å². The fourth-order valence-electron chi connectivity index (χ4n) is 3.34. The number of aromatic amines is 1. The average Bonchev–Trinajstić information content (AvgIpc) is 3.26. The van der Waals surface area contributed by atoms with E-state index in [9.17, 15) is 0 Å². The van der Waals surface area contributed by atoms with E-state index in [0.717, 1.165) is 30.9 Å². The summed E-state index contributed by atoms with van der Waals surface area (Å²) in [7, 11) is 0. The Morgan fingerprint density at radius 1 is 1.13 bits per heavy atom. The molecule has 0 amide bonds. The summed E-state index contributed by atoms with van der Waals surface area (Å²) in [6.07, 6.45) is 9.66. The molecule has 116 valence electrons. The van der Waals surface area contributed by atoms with E-state index >= 15 is 0 Å². The van der Waals surface area contributed by atoms with Crippen LogP contribution in [0.25, 0.3) is 11.3 Å². The largest absolute Gasteiger partial charge is 0.290 e. The molecule has 1 aromatic carbocycles. The molecule has 1 aliphatic heterocycles. The van der Waals surface area contributed by atoms with Gasteiger partial charge in [-0.25, -0.2) is 0 Å². The van der Waals surface area contributed by atoms with Crippen molar-refractivity contribution in [2.45, 2.75) is 25.4 Å². The summed E-state index contributed by atoms with van der Waals surface area (Å²) >= 11 is 0. The minimum atomic E-state index is 0.349. The SMILES string of the molecule is c1ccc(-c2[nH]ncc2CN2CCCC2c2cnccn2)cc1. The summed E-state index contributed by atoms with van der Waals surface area (Å²) in [4.78, 5) is 11.2. The predicted molar refractivity (Wildman–Crippen MR) is 88.4 cm³/mol. The number of nitrogens with one attached hydrogen (secondary N) is 1. The first kappa shape index (κ1) is 14.1. The van der Waals surface area contributed by atoms with Gasteiger partial charge in [0.25, 0.3) is 0 Å². The van der Waals surface area contributed by atoms with Crippen LogP contribution in [-0.2, 0) is 6.54 Å². The normalized spacial score (nSPS) is 18.3. The molecule has 23 heavy (non-hydrogen) atoms. The van der Waals surface area contributed by atoms with Crippen LogP contribution < -0.4 is 0 Å². The molecule has 3 aromatic rings. The zero-order chi connectivity index (χ0) is 15.5. The summed E-state index contributed by atoms with van der Waals surface area (Å²) < 4.78 is 0. The molecule has 1 saturated heterocycles. The summed E-state index contributed by atoms with van der Waals surface area (Å²) in [5.41, 5.74) is 4.58. The van der Waals surface area contributed by atoms with E-state index in [0.29, 0.717) is 6.04 Å². The molecule has 1 N–H and O–H groups in total. The van der Waals surface area contributed by atoms with Crippen molar-refractivity contribution < 1.29 is 0 Å². The number of likely N-dealkylation sites (tertiary alicyclic amines) is 1. The van der Waals surface area contributed by atoms with Gasteiger partial charge in [0.1, 0.15) is 0 Å². The molecule has 1 fully saturated rings. The van der Waals surface area contributed by atoms with Gasteiger partial charge in [0.05, 0.1) is 23.6 Å². The van der Waals surface area contributed by atoms with Gasteiger partial charge in [-0.1, -0.05) is 30.3 Å². The molecule has 0 spiro atoms. The summed E-state index contributed by atoms with van der Waals surface area (Å²) in [5, 5.41) is 7.40. The first-order chi connectivity index (χ1) is 11.4. The van der Waals surface area contributed by atoms with Gasteiger partial charge in [-0.15, -0.1) is 0 Å². The molecule has 3 heterocycles. The lowest BCUT2D eigenvalue weighted by Gasteiger charge is -2.23. The Hall–Kier alpha value is -2.53. The molecule has 5 nitrogen and oxygen atoms in total. The summed E-state index contributed by atoms with van der Waals surface area (Å²) in [5.74, 6) is 0. The topological polar surface area (TPSA) is 57.7 Å². The molecule has 5 heteroatoms. The second-order valence-corrected chi connectivity index (χ2v) is 5.90. The molecule has 1 atom stereocenters. The van der Waals surface area contributed by atoms with Gasteiger partial charge in [0.2, 0.25) is 0 Å². The average molecular weight is 305 g/mol. The van der Waals surface area contributed by atoms with Gasteiger partial charge in [0, 0.05) is 30.7 Å². The van der Waals surface area contributed by atoms with E-state index in [1.165, 1.54) is 17.5 Å². The fourth-order valence-corrected chi connectivity index (χ4v) is 3.34. The van der Waals surface area contributed by atoms with Gasteiger partial charge in [-0.2, -0.15) is 5.10 Å². The second-order valence-electron chi connectivity index (χ2n) is 5.90. The highest BCUT2D eigenvalue weighted by molar-refractivity contribution is 5.62. The quantitative estimate of drug-likeness (QED) is 0.804. The smallest absolute Gasteiger partial charge is 0.0758 e. The lowest BCUT2D eigenvalue weighted by molar-refractivity contribution is 0.244. The minimum absolute atomic E-state index is 0.349. The van der Waals surface area contributed by atoms with Crippen LogP contribution in [0.2, 0.25) is 0 Å². The Balaban J connectivity index is 1.58. The Kier molecular flexibility index (Phi) is 3.86. The predicted octanol–water partition coefficient (Wildman–Crippen LogP) is 3.20. The Morgan fingerprint density at radius 2 is 2.04 bits per heavy atom. The zero-order valence-corrected chi connectivity index (χ0v) is 12.9. The first-order valence-corrected chi connectivity index (χ1v) is 7.99. The Labute approximate surface area is 135 Å². The third-order valence-corrected chi connectivity index (χ3v) is 4.44. The lowest BCUT2D eigenvalue weighted by atomic mass is 10.1. The highest BCUT2D eigenvalue weighted by Gasteiger charge is 2.28. The van der Waals surface area contributed by atoms with Gasteiger partial charge in [-0.3, -0.25) is 20.0 Å². The third kappa shape index (κ3) is 2.87. The van der Waals surface area contributed by atoms with Crippen LogP contribution in [0.3, 0.4) is 0 Å². The van der Waals surface area contributed by atoms with Crippen molar-refractivity contribution in [2.24, 2.45) is 0 Å². The van der Waals surface area contributed by atoms with Crippen LogP contribution in [0.5, 0.6) is 0 Å². The van der Waals surface area contributed by atoms with Crippen molar-refractivity contribution in [1.82, 2.24) is 25.1 Å². The minimum Gasteiger partial charge on any atom is -0.290 e. The van der Waals surface area contributed by atoms with Crippen LogP contribution in [0, 0.1) is 0 Å². The van der Waals surface area contributed by atoms with Gasteiger partial charge >= 0.3 is 0 Å². The maximum atomic E-state index is 4.49. The number of aromatic nitrogens is 4. The number of benzene rings is 1. The maximum Gasteiger partial charge on any atom is 0.0758 e. The zero-order valence-electron chi connectivity index (χ0n) is 12.9. The van der Waals surface area contributed by atoms with E-state index in [1.807, 2.05) is 18.5 Å².